The summed E-state index contributed by atoms with van der Waals surface area (Å²) in [7, 11) is 0. The fraction of sp³-hybridized carbons (Fsp3) is 0.500. The van der Waals surface area contributed by atoms with Crippen molar-refractivity contribution in [2.24, 2.45) is 11.8 Å². The Hall–Kier alpha value is -1.73. The lowest BCUT2D eigenvalue weighted by atomic mass is 10.3. The number of imidazole rings is 1. The third-order valence-corrected chi connectivity index (χ3v) is 3.42. The van der Waals surface area contributed by atoms with Gasteiger partial charge in [-0.2, -0.15) is 0 Å². The molecule has 1 aliphatic carbocycles. The first-order chi connectivity index (χ1) is 8.27. The van der Waals surface area contributed by atoms with Gasteiger partial charge in [0, 0.05) is 31.1 Å². The second-order valence-corrected chi connectivity index (χ2v) is 4.27. The number of fused-ring (bicyclic) bond motifs is 1. The molecule has 0 amide bonds. The summed E-state index contributed by atoms with van der Waals surface area (Å²) >= 11 is 0. The maximum Gasteiger partial charge on any atom is 0.165 e. The van der Waals surface area contributed by atoms with Crippen LogP contribution in [0.2, 0.25) is 0 Å². The summed E-state index contributed by atoms with van der Waals surface area (Å²) in [5, 5.41) is 18.4. The van der Waals surface area contributed by atoms with E-state index in [2.05, 4.69) is 15.0 Å². The number of nitrogen functional groups attached to an aromatic ring is 1. The van der Waals surface area contributed by atoms with Crippen molar-refractivity contribution in [1.82, 2.24) is 19.5 Å². The number of nitrogens with two attached hydrogens (primary N) is 1. The Bertz CT molecular complexity index is 545. The Labute approximate surface area is 96.9 Å². The molecule has 2 heterocycles. The number of hydrogen-bond acceptors (Lipinski definition) is 6. The number of aliphatic hydroxyl groups excluding tert-OH is 2. The van der Waals surface area contributed by atoms with E-state index >= 15 is 0 Å². The monoisotopic (exact) mass is 235 g/mol. The highest BCUT2D eigenvalue weighted by Crippen LogP contribution is 2.50. The highest BCUT2D eigenvalue weighted by molar-refractivity contribution is 5.81. The van der Waals surface area contributed by atoms with Gasteiger partial charge in [0.15, 0.2) is 11.5 Å². The van der Waals surface area contributed by atoms with Crippen LogP contribution in [0.1, 0.15) is 6.04 Å². The van der Waals surface area contributed by atoms with Gasteiger partial charge in [0.1, 0.15) is 11.8 Å². The first kappa shape index (κ1) is 10.4. The highest BCUT2D eigenvalue weighted by Gasteiger charge is 2.51. The molecule has 2 aromatic heterocycles. The van der Waals surface area contributed by atoms with Gasteiger partial charge in [-0.1, -0.05) is 0 Å². The zero-order valence-corrected chi connectivity index (χ0v) is 9.06. The first-order valence-corrected chi connectivity index (χ1v) is 5.42. The van der Waals surface area contributed by atoms with Gasteiger partial charge in [-0.05, 0) is 0 Å². The van der Waals surface area contributed by atoms with Crippen LogP contribution in [0.25, 0.3) is 11.2 Å². The van der Waals surface area contributed by atoms with Gasteiger partial charge >= 0.3 is 0 Å². The molecule has 7 heteroatoms. The van der Waals surface area contributed by atoms with Crippen LogP contribution in [-0.4, -0.2) is 42.9 Å². The molecular formula is C10H13N5O2. The third-order valence-electron chi connectivity index (χ3n) is 3.42. The molecule has 0 unspecified atom stereocenters. The summed E-state index contributed by atoms with van der Waals surface area (Å²) in [6, 6.07) is 0.0456. The minimum absolute atomic E-state index is 0.0456. The molecule has 0 bridgehead atoms. The molecular weight excluding hydrogens is 222 g/mol. The van der Waals surface area contributed by atoms with Crippen LogP contribution < -0.4 is 5.73 Å². The van der Waals surface area contributed by atoms with E-state index in [1.165, 1.54) is 6.33 Å². The summed E-state index contributed by atoms with van der Waals surface area (Å²) in [5.74, 6) is 0.470. The molecule has 0 radical (unpaired) electrons. The zero-order chi connectivity index (χ0) is 12.0. The Morgan fingerprint density at radius 3 is 2.53 bits per heavy atom. The molecule has 0 aliphatic heterocycles. The Morgan fingerprint density at radius 1 is 1.18 bits per heavy atom. The van der Waals surface area contributed by atoms with Gasteiger partial charge < -0.3 is 20.5 Å². The highest BCUT2D eigenvalue weighted by atomic mass is 16.3. The van der Waals surface area contributed by atoms with Gasteiger partial charge in [-0.3, -0.25) is 0 Å². The van der Waals surface area contributed by atoms with E-state index in [0.29, 0.717) is 17.0 Å². The number of hydrogen-bond donors (Lipinski definition) is 3. The summed E-state index contributed by atoms with van der Waals surface area (Å²) in [4.78, 5) is 12.2. The molecule has 90 valence electrons. The average Bonchev–Trinajstić information content (AvgIpc) is 2.89. The van der Waals surface area contributed by atoms with Crippen LogP contribution in [0.15, 0.2) is 12.7 Å². The van der Waals surface area contributed by atoms with Gasteiger partial charge in [0.2, 0.25) is 0 Å². The maximum atomic E-state index is 9.20. The van der Waals surface area contributed by atoms with E-state index in [0.717, 1.165) is 0 Å². The molecule has 17 heavy (non-hydrogen) atoms. The van der Waals surface area contributed by atoms with Gasteiger partial charge in [-0.15, -0.1) is 0 Å². The minimum Gasteiger partial charge on any atom is -0.396 e. The van der Waals surface area contributed by atoms with E-state index in [9.17, 15) is 10.2 Å². The molecule has 4 N–H and O–H groups in total. The lowest BCUT2D eigenvalue weighted by molar-refractivity contribution is 0.232. The quantitative estimate of drug-likeness (QED) is 0.641. The van der Waals surface area contributed by atoms with Crippen molar-refractivity contribution in [3.05, 3.63) is 12.7 Å². The summed E-state index contributed by atoms with van der Waals surface area (Å²) in [5.41, 5.74) is 6.91. The summed E-state index contributed by atoms with van der Waals surface area (Å²) in [6.07, 6.45) is 3.03. The van der Waals surface area contributed by atoms with E-state index in [-0.39, 0.29) is 31.1 Å². The fourth-order valence-electron chi connectivity index (χ4n) is 2.41. The smallest absolute Gasteiger partial charge is 0.165 e. The van der Waals surface area contributed by atoms with E-state index < -0.39 is 0 Å². The molecule has 1 fully saturated rings. The maximum absolute atomic E-state index is 9.20. The molecule has 3 rings (SSSR count). The average molecular weight is 235 g/mol. The largest absolute Gasteiger partial charge is 0.396 e. The van der Waals surface area contributed by atoms with Crippen molar-refractivity contribution in [2.75, 3.05) is 18.9 Å². The van der Waals surface area contributed by atoms with Crippen LogP contribution in [-0.2, 0) is 0 Å². The Kier molecular flexibility index (Phi) is 2.23. The molecule has 1 aliphatic rings. The topological polar surface area (TPSA) is 110 Å². The summed E-state index contributed by atoms with van der Waals surface area (Å²) < 4.78 is 1.86. The predicted molar refractivity (Wildman–Crippen MR) is 59.9 cm³/mol. The van der Waals surface area contributed by atoms with Crippen LogP contribution in [0.4, 0.5) is 5.82 Å². The summed E-state index contributed by atoms with van der Waals surface area (Å²) in [6.45, 7) is 0.103. The third kappa shape index (κ3) is 1.39. The van der Waals surface area contributed by atoms with Crippen LogP contribution in [0, 0.1) is 11.8 Å². The van der Waals surface area contributed by atoms with Crippen molar-refractivity contribution in [3.63, 3.8) is 0 Å². The molecule has 0 spiro atoms. The van der Waals surface area contributed by atoms with Crippen molar-refractivity contribution in [2.45, 2.75) is 6.04 Å². The van der Waals surface area contributed by atoms with E-state index in [4.69, 9.17) is 5.73 Å². The second-order valence-electron chi connectivity index (χ2n) is 4.27. The number of rotatable bonds is 3. The number of nitrogens with zero attached hydrogens (tertiary/aromatic N) is 4. The molecule has 1 saturated carbocycles. The minimum atomic E-state index is 0.0456. The normalized spacial score (nSPS) is 27.5. The van der Waals surface area contributed by atoms with Gasteiger partial charge in [0.05, 0.1) is 6.33 Å². The van der Waals surface area contributed by atoms with Crippen molar-refractivity contribution < 1.29 is 10.2 Å². The van der Waals surface area contributed by atoms with Crippen LogP contribution in [0.3, 0.4) is 0 Å². The number of anilines is 1. The molecule has 7 nitrogen and oxygen atoms in total. The van der Waals surface area contributed by atoms with E-state index in [1.54, 1.807) is 6.33 Å². The molecule has 0 aromatic carbocycles. The van der Waals surface area contributed by atoms with Gasteiger partial charge in [0.25, 0.3) is 0 Å². The molecule has 2 atom stereocenters. The second kappa shape index (κ2) is 3.64. The van der Waals surface area contributed by atoms with E-state index in [1.807, 2.05) is 4.57 Å². The SMILES string of the molecule is Nc1ncnc2c1ncn2C1[C@@H](CO)[C@@H]1CO. The predicted octanol–water partition coefficient (Wildman–Crippen LogP) is -0.820. The Balaban J connectivity index is 2.05. The van der Waals surface area contributed by atoms with Crippen molar-refractivity contribution in [3.8, 4) is 0 Å². The first-order valence-electron chi connectivity index (χ1n) is 5.42. The van der Waals surface area contributed by atoms with Crippen LogP contribution in [0.5, 0.6) is 0 Å². The van der Waals surface area contributed by atoms with Crippen LogP contribution >= 0.6 is 0 Å². The lowest BCUT2D eigenvalue weighted by Crippen LogP contribution is -2.00. The number of aliphatic hydroxyl groups is 2. The lowest BCUT2D eigenvalue weighted by Gasteiger charge is -2.01. The molecule has 0 saturated heterocycles. The standard InChI is InChI=1S/C10H13N5O2/c11-9-7-10(13-3-12-9)15(4-14-7)8-5(1-16)6(8)2-17/h3-6,8,16-17H,1-2H2,(H2,11,12,13)/t5-,6-/m0/s1. The fourth-order valence-corrected chi connectivity index (χ4v) is 2.41. The zero-order valence-electron chi connectivity index (χ0n) is 9.06. The Morgan fingerprint density at radius 2 is 1.88 bits per heavy atom. The number of aromatic nitrogens is 4. The van der Waals surface area contributed by atoms with Crippen molar-refractivity contribution >= 4 is 17.0 Å². The van der Waals surface area contributed by atoms with Gasteiger partial charge in [-0.25, -0.2) is 15.0 Å². The molecule has 2 aromatic rings. The van der Waals surface area contributed by atoms with Crippen molar-refractivity contribution in [1.29, 1.82) is 0 Å².